The third-order valence-corrected chi connectivity index (χ3v) is 6.57. The number of ether oxygens (including phenoxy) is 1. The van der Waals surface area contributed by atoms with Crippen LogP contribution in [0.25, 0.3) is 22.6 Å². The van der Waals surface area contributed by atoms with Crippen LogP contribution >= 0.6 is 11.3 Å². The average molecular weight is 404 g/mol. The van der Waals surface area contributed by atoms with Gasteiger partial charge >= 0.3 is 5.97 Å². The van der Waals surface area contributed by atoms with E-state index in [1.807, 2.05) is 30.3 Å². The highest BCUT2D eigenvalue weighted by atomic mass is 32.1. The average Bonchev–Trinajstić information content (AvgIpc) is 3.38. The van der Waals surface area contributed by atoms with Gasteiger partial charge in [0.2, 0.25) is 0 Å². The molecule has 0 bridgehead atoms. The molecule has 4 nitrogen and oxygen atoms in total. The Hall–Kier alpha value is -2.79. The topological polar surface area (TPSA) is 56.3 Å². The van der Waals surface area contributed by atoms with E-state index in [0.29, 0.717) is 18.4 Å². The fourth-order valence-corrected chi connectivity index (χ4v) is 5.00. The van der Waals surface area contributed by atoms with Crippen molar-refractivity contribution in [2.75, 3.05) is 0 Å². The number of esters is 1. The summed E-state index contributed by atoms with van der Waals surface area (Å²) in [6.45, 7) is 0. The van der Waals surface area contributed by atoms with E-state index >= 15 is 0 Å². The normalized spacial score (nSPS) is 20.2. The van der Waals surface area contributed by atoms with Gasteiger partial charge in [-0.3, -0.25) is 4.79 Å². The highest BCUT2D eigenvalue weighted by Gasteiger charge is 2.31. The number of nitrogens with zero attached hydrogens (tertiary/aromatic N) is 1. The van der Waals surface area contributed by atoms with Gasteiger partial charge in [-0.25, -0.2) is 9.78 Å². The number of thiophene rings is 1. The molecule has 0 aliphatic heterocycles. The van der Waals surface area contributed by atoms with Crippen LogP contribution in [0.15, 0.2) is 41.8 Å². The molecule has 1 saturated carbocycles. The molecule has 29 heavy (non-hydrogen) atoms. The van der Waals surface area contributed by atoms with Gasteiger partial charge in [-0.2, -0.15) is 0 Å². The van der Waals surface area contributed by atoms with E-state index in [1.54, 1.807) is 11.3 Å². The van der Waals surface area contributed by atoms with E-state index in [2.05, 4.69) is 17.5 Å². The number of para-hydroxylation sites is 1. The van der Waals surface area contributed by atoms with Crippen LogP contribution in [0, 0.1) is 0 Å². The van der Waals surface area contributed by atoms with Gasteiger partial charge in [0.05, 0.1) is 16.8 Å². The van der Waals surface area contributed by atoms with Gasteiger partial charge in [0.25, 0.3) is 0 Å². The second kappa shape index (κ2) is 7.56. The zero-order valence-electron chi connectivity index (χ0n) is 16.0. The minimum atomic E-state index is -0.610. The lowest BCUT2D eigenvalue weighted by Gasteiger charge is -2.21. The van der Waals surface area contributed by atoms with Crippen molar-refractivity contribution >= 4 is 45.6 Å². The predicted octanol–water partition coefficient (Wildman–Crippen LogP) is 5.45. The first-order valence-electron chi connectivity index (χ1n) is 10.1. The molecule has 0 spiro atoms. The number of hydrogen-bond acceptors (Lipinski definition) is 5. The Morgan fingerprint density at radius 1 is 1.10 bits per heavy atom. The predicted molar refractivity (Wildman–Crippen MR) is 115 cm³/mol. The Morgan fingerprint density at radius 3 is 2.83 bits per heavy atom. The minimum Gasteiger partial charge on any atom is -0.451 e. The monoisotopic (exact) mass is 403 g/mol. The SMILES string of the molecule is O=C(OC1CCCCC1=O)c1c2c(nc3ccccc13)C(=Cc1cccs1)CC2. The van der Waals surface area contributed by atoms with Crippen molar-refractivity contribution in [3.63, 3.8) is 0 Å². The smallest absolute Gasteiger partial charge is 0.339 e. The number of hydrogen-bond donors (Lipinski definition) is 0. The van der Waals surface area contributed by atoms with Crippen molar-refractivity contribution in [3.8, 4) is 0 Å². The molecule has 0 N–H and O–H groups in total. The summed E-state index contributed by atoms with van der Waals surface area (Å²) < 4.78 is 5.73. The molecule has 5 rings (SSSR count). The van der Waals surface area contributed by atoms with E-state index in [0.717, 1.165) is 53.4 Å². The van der Waals surface area contributed by atoms with Gasteiger partial charge in [0.15, 0.2) is 11.9 Å². The van der Waals surface area contributed by atoms with E-state index in [9.17, 15) is 9.59 Å². The zero-order chi connectivity index (χ0) is 19.8. The molecule has 2 heterocycles. The van der Waals surface area contributed by atoms with Gasteiger partial charge in [0, 0.05) is 16.7 Å². The fourth-order valence-electron chi connectivity index (χ4n) is 4.32. The summed E-state index contributed by atoms with van der Waals surface area (Å²) in [6, 6.07) is 11.8. The van der Waals surface area contributed by atoms with Crippen molar-refractivity contribution < 1.29 is 14.3 Å². The van der Waals surface area contributed by atoms with Gasteiger partial charge in [0.1, 0.15) is 0 Å². The summed E-state index contributed by atoms with van der Waals surface area (Å²) in [7, 11) is 0. The molecule has 1 atom stereocenters. The number of fused-ring (bicyclic) bond motifs is 2. The summed E-state index contributed by atoms with van der Waals surface area (Å²) >= 11 is 1.69. The molecule has 1 aromatic carbocycles. The Morgan fingerprint density at radius 2 is 2.00 bits per heavy atom. The molecule has 0 radical (unpaired) electrons. The number of pyridine rings is 1. The van der Waals surface area contributed by atoms with Crippen molar-refractivity contribution in [2.24, 2.45) is 0 Å². The first-order chi connectivity index (χ1) is 14.2. The molecule has 1 unspecified atom stereocenters. The molecule has 5 heteroatoms. The highest BCUT2D eigenvalue weighted by Crippen LogP contribution is 2.38. The summed E-state index contributed by atoms with van der Waals surface area (Å²) in [5.74, 6) is -0.352. The van der Waals surface area contributed by atoms with Crippen LogP contribution in [0.3, 0.4) is 0 Å². The molecule has 1 fully saturated rings. The summed E-state index contributed by atoms with van der Waals surface area (Å²) in [5.41, 5.74) is 4.35. The van der Waals surface area contributed by atoms with Crippen LogP contribution < -0.4 is 0 Å². The van der Waals surface area contributed by atoms with Crippen LogP contribution in [0.4, 0.5) is 0 Å². The van der Waals surface area contributed by atoms with E-state index in [1.165, 1.54) is 4.88 Å². The second-order valence-corrected chi connectivity index (χ2v) is 8.60. The summed E-state index contributed by atoms with van der Waals surface area (Å²) in [4.78, 5) is 31.5. The van der Waals surface area contributed by atoms with Gasteiger partial charge in [-0.05, 0) is 66.8 Å². The lowest BCUT2D eigenvalue weighted by molar-refractivity contribution is -0.129. The number of aromatic nitrogens is 1. The van der Waals surface area contributed by atoms with Gasteiger partial charge in [-0.15, -0.1) is 11.3 Å². The molecule has 3 aromatic rings. The van der Waals surface area contributed by atoms with Gasteiger partial charge < -0.3 is 4.74 Å². The molecular formula is C24H21NO3S. The maximum atomic E-state index is 13.2. The third-order valence-electron chi connectivity index (χ3n) is 5.75. The number of carbonyl (C=O) groups is 2. The third kappa shape index (κ3) is 3.40. The van der Waals surface area contributed by atoms with Crippen LogP contribution in [-0.4, -0.2) is 22.8 Å². The number of rotatable bonds is 3. The molecule has 2 aliphatic rings. The van der Waals surface area contributed by atoms with Crippen molar-refractivity contribution in [3.05, 3.63) is 63.5 Å². The van der Waals surface area contributed by atoms with E-state index in [-0.39, 0.29) is 5.78 Å². The second-order valence-electron chi connectivity index (χ2n) is 7.62. The maximum Gasteiger partial charge on any atom is 0.339 e. The first kappa shape index (κ1) is 18.3. The number of benzene rings is 1. The minimum absolute atomic E-state index is 0.0397. The van der Waals surface area contributed by atoms with Crippen LogP contribution in [0.2, 0.25) is 0 Å². The van der Waals surface area contributed by atoms with Crippen molar-refractivity contribution in [1.82, 2.24) is 4.98 Å². The largest absolute Gasteiger partial charge is 0.451 e. The standard InChI is InChI=1S/C24H21NO3S/c26-20-9-3-4-10-21(20)28-24(27)22-17-7-1-2-8-19(17)25-23-15(11-12-18(22)23)14-16-6-5-13-29-16/h1-2,5-8,13-14,21H,3-4,9-12H2. The zero-order valence-corrected chi connectivity index (χ0v) is 16.8. The number of Topliss-reactive ketones (excluding diaryl/α,β-unsaturated/α-hetero) is 1. The number of carbonyl (C=O) groups excluding carboxylic acids is 2. The lowest BCUT2D eigenvalue weighted by atomic mass is 9.96. The Balaban J connectivity index is 1.59. The number of ketones is 1. The quantitative estimate of drug-likeness (QED) is 0.546. The summed E-state index contributed by atoms with van der Waals surface area (Å²) in [6.07, 6.45) is 6.09. The summed E-state index contributed by atoms with van der Waals surface area (Å²) in [5, 5.41) is 2.86. The lowest BCUT2D eigenvalue weighted by Crippen LogP contribution is -2.30. The number of allylic oxidation sites excluding steroid dienone is 1. The van der Waals surface area contributed by atoms with Crippen LogP contribution in [0.1, 0.15) is 58.6 Å². The molecular weight excluding hydrogens is 382 g/mol. The molecule has 146 valence electrons. The fraction of sp³-hybridized carbons (Fsp3) is 0.292. The van der Waals surface area contributed by atoms with Crippen molar-refractivity contribution in [1.29, 1.82) is 0 Å². The van der Waals surface area contributed by atoms with E-state index in [4.69, 9.17) is 9.72 Å². The first-order valence-corrected chi connectivity index (χ1v) is 11.0. The van der Waals surface area contributed by atoms with E-state index < -0.39 is 12.1 Å². The molecule has 2 aliphatic carbocycles. The molecule has 2 aromatic heterocycles. The Kier molecular flexibility index (Phi) is 4.76. The molecule has 0 amide bonds. The highest BCUT2D eigenvalue weighted by molar-refractivity contribution is 7.10. The Labute approximate surface area is 173 Å². The van der Waals surface area contributed by atoms with Crippen molar-refractivity contribution in [2.45, 2.75) is 44.6 Å². The molecule has 0 saturated heterocycles. The maximum absolute atomic E-state index is 13.2. The van der Waals surface area contributed by atoms with Gasteiger partial charge in [-0.1, -0.05) is 24.3 Å². The van der Waals surface area contributed by atoms with Crippen LogP contribution in [0.5, 0.6) is 0 Å². The van der Waals surface area contributed by atoms with Crippen LogP contribution in [-0.2, 0) is 16.0 Å². The Bertz CT molecular complexity index is 1130.